The molecule has 0 bridgehead atoms. The van der Waals surface area contributed by atoms with Gasteiger partial charge in [-0.3, -0.25) is 0 Å². The number of nitrogens with two attached hydrogens (primary N) is 1. The maximum atomic E-state index is 7.15. The minimum Gasteiger partial charge on any atom is -0.0620 e. The number of rotatable bonds is 17. The zero-order valence-corrected chi connectivity index (χ0v) is 53.9. The summed E-state index contributed by atoms with van der Waals surface area (Å²) in [4.78, 5) is 0. The molecule has 406 valence electrons. The van der Waals surface area contributed by atoms with Crippen LogP contribution in [0.1, 0.15) is 50.7 Å². The van der Waals surface area contributed by atoms with Crippen LogP contribution in [-0.4, -0.2) is 29.9 Å². The molecule has 0 aliphatic carbocycles. The number of hydrogen-bond donors (Lipinski definition) is 1. The van der Waals surface area contributed by atoms with Gasteiger partial charge in [-0.15, -0.1) is 0 Å². The number of hydrogen-bond acceptors (Lipinski definition) is 2. The topological polar surface area (TPSA) is 29.3 Å². The van der Waals surface area contributed by atoms with E-state index in [2.05, 4.69) is 353 Å². The van der Waals surface area contributed by atoms with Gasteiger partial charge in [-0.25, -0.2) is 0 Å². The summed E-state index contributed by atoms with van der Waals surface area (Å²) < 4.78 is 9.97. The number of benzene rings is 11. The molecule has 0 unspecified atom stereocenters. The molecule has 81 heavy (non-hydrogen) atoms. The van der Waals surface area contributed by atoms with Gasteiger partial charge in [0, 0.05) is 16.5 Å². The minimum atomic E-state index is -2.69. The first-order chi connectivity index (χ1) is 39.4. The zero-order chi connectivity index (χ0) is 55.4. The van der Waals surface area contributed by atoms with Crippen LogP contribution in [0.3, 0.4) is 0 Å². The second-order valence-electron chi connectivity index (χ2n) is 20.5. The molecule has 0 heterocycles. The van der Waals surface area contributed by atoms with Gasteiger partial charge in [0.2, 0.25) is 0 Å². The molecule has 0 aliphatic rings. The Kier molecular flexibility index (Phi) is 23.5. The van der Waals surface area contributed by atoms with E-state index >= 15 is 0 Å². The maximum Gasteiger partial charge on any atom is 0.102 e. The van der Waals surface area contributed by atoms with E-state index in [1.54, 1.807) is 0 Å². The summed E-state index contributed by atoms with van der Waals surface area (Å²) in [6.45, 7) is 9.31. The van der Waals surface area contributed by atoms with E-state index in [9.17, 15) is 0 Å². The van der Waals surface area contributed by atoms with Gasteiger partial charge in [0.1, 0.15) is 31.8 Å². The Morgan fingerprint density at radius 1 is 0.321 bits per heavy atom. The molecule has 2 radical (unpaired) electrons. The fraction of sp³-hybridized carbons (Fsp3) is 0.0959. The van der Waals surface area contributed by atoms with Gasteiger partial charge in [0.25, 0.3) is 0 Å². The van der Waals surface area contributed by atoms with Crippen molar-refractivity contribution in [3.05, 3.63) is 333 Å². The standard InChI is InChI=1S/C37H41GeN2PSi.2C18H15P.Ni/c1-29(2)35-26-17-27-36(30(3)4)37(35)40(38-39)42(33-22-13-7-14-23-33,34-24-15-8-16-25-34)28-41(31-18-9-5-10-19-31)32-20-11-6-12-21-32;2*1-4-10-16(11-5-1)19(17-12-6-2-7-13-17)18-14-8-3-9-15-18;/h5-27,29-30H,28,39H2,1-4H3;2*1-15H;/p+3. The van der Waals surface area contributed by atoms with Crippen molar-refractivity contribution in [2.45, 2.75) is 39.5 Å². The van der Waals surface area contributed by atoms with Crippen LogP contribution in [0.2, 0.25) is 0 Å². The average molecular weight is 1230 g/mol. The fourth-order valence-electron chi connectivity index (χ4n) is 10.8. The molecule has 11 aromatic rings. The zero-order valence-electron chi connectivity index (χ0n) is 46.8. The van der Waals surface area contributed by atoms with Gasteiger partial charge in [-0.05, 0) is 72.8 Å². The third-order valence-electron chi connectivity index (χ3n) is 14.6. The predicted octanol–water partition coefficient (Wildman–Crippen LogP) is 12.7. The molecule has 0 saturated carbocycles. The molecular weight excluding hydrogens is 1160 g/mol. The summed E-state index contributed by atoms with van der Waals surface area (Å²) in [7, 11) is -5.64. The quantitative estimate of drug-likeness (QED) is 0.0727. The Hall–Kier alpha value is -6.28. The third-order valence-corrected chi connectivity index (χ3v) is 33.3. The second-order valence-corrected chi connectivity index (χ2v) is 34.7. The van der Waals surface area contributed by atoms with E-state index in [-0.39, 0.29) is 16.5 Å². The van der Waals surface area contributed by atoms with Crippen LogP contribution in [0.5, 0.6) is 0 Å². The summed E-state index contributed by atoms with van der Waals surface area (Å²) in [6.07, 6.45) is 0. The first-order valence-corrected chi connectivity index (χ1v) is 36.9. The Morgan fingerprint density at radius 3 is 0.765 bits per heavy atom. The molecule has 2 N–H and O–H groups in total. The van der Waals surface area contributed by atoms with Gasteiger partial charge in [0.15, 0.2) is 0 Å². The summed E-state index contributed by atoms with van der Waals surface area (Å²) in [5.74, 6) is 1.88. The molecule has 2 nitrogen and oxygen atoms in total. The van der Waals surface area contributed by atoms with Gasteiger partial charge >= 0.3 is 263 Å². The van der Waals surface area contributed by atoms with Crippen molar-refractivity contribution in [1.29, 1.82) is 0 Å². The minimum absolute atomic E-state index is 0. The van der Waals surface area contributed by atoms with Crippen LogP contribution in [0.4, 0.5) is 5.69 Å². The molecule has 11 rings (SSSR count). The second kappa shape index (κ2) is 31.2. The van der Waals surface area contributed by atoms with Crippen molar-refractivity contribution in [3.63, 3.8) is 0 Å². The SMILES string of the molecule is CC(C)c1cccc(C(C)C)c1[N]([Ge][NH2])[Si](C[PH+](c1ccccc1)c1ccccc1)(c1ccccc1)c1ccccc1.[Ni].c1ccc([PH+](c2ccccc2)c2ccccc2)cc1.c1ccc([PH+](c2ccccc2)c2ccccc2)cc1. The van der Waals surface area contributed by atoms with Crippen molar-refractivity contribution < 1.29 is 16.5 Å². The molecule has 8 heteroatoms. The summed E-state index contributed by atoms with van der Waals surface area (Å²) in [5.41, 5.74) is 4.21. The van der Waals surface area contributed by atoms with Crippen LogP contribution in [0.15, 0.2) is 322 Å². The first-order valence-electron chi connectivity index (χ1n) is 27.9. The largest absolute Gasteiger partial charge is 0.102 e. The van der Waals surface area contributed by atoms with Crippen molar-refractivity contribution >= 4 is 106 Å². The van der Waals surface area contributed by atoms with E-state index in [0.717, 1.165) is 5.79 Å². The predicted molar refractivity (Wildman–Crippen MR) is 363 cm³/mol. The average Bonchev–Trinajstić information content (AvgIpc) is 3.64. The van der Waals surface area contributed by atoms with Crippen molar-refractivity contribution in [3.8, 4) is 0 Å². The van der Waals surface area contributed by atoms with E-state index in [1.807, 2.05) is 0 Å². The van der Waals surface area contributed by atoms with E-state index in [0.29, 0.717) is 11.8 Å². The normalized spacial score (nSPS) is 11.1. The van der Waals surface area contributed by atoms with E-state index in [4.69, 9.17) is 4.69 Å². The molecule has 11 aromatic carbocycles. The molecule has 0 fully saturated rings. The van der Waals surface area contributed by atoms with Gasteiger partial charge in [-0.1, -0.05) is 109 Å². The number of nitrogens with zero attached hydrogens (tertiary/aromatic N) is 1. The molecule has 0 spiro atoms. The van der Waals surface area contributed by atoms with Gasteiger partial charge in [-0.2, -0.15) is 0 Å². The Labute approximate surface area is 505 Å². The van der Waals surface area contributed by atoms with E-state index < -0.39 is 47.9 Å². The van der Waals surface area contributed by atoms with Crippen LogP contribution in [0, 0.1) is 0 Å². The van der Waals surface area contributed by atoms with Crippen molar-refractivity contribution in [2.24, 2.45) is 4.69 Å². The summed E-state index contributed by atoms with van der Waals surface area (Å²) in [5, 5.41) is 14.4. The third kappa shape index (κ3) is 15.4. The molecular formula is C73H74GeN2NiP3Si+3. The van der Waals surface area contributed by atoms with E-state index in [1.165, 1.54) is 69.6 Å². The molecule has 0 amide bonds. The van der Waals surface area contributed by atoms with Gasteiger partial charge in [0.05, 0.1) is 15.8 Å². The van der Waals surface area contributed by atoms with Crippen LogP contribution in [-0.2, 0) is 16.5 Å². The van der Waals surface area contributed by atoms with Gasteiger partial charge < -0.3 is 0 Å². The molecule has 0 aromatic heterocycles. The van der Waals surface area contributed by atoms with Crippen LogP contribution >= 0.6 is 23.8 Å². The Bertz CT molecular complexity index is 3100. The fourth-order valence-corrected chi connectivity index (χ4v) is 31.9. The smallest absolute Gasteiger partial charge is 0.0620 e. The first kappa shape index (κ1) is 60.8. The number of para-hydroxylation sites is 1. The molecule has 0 atom stereocenters. The number of anilines is 1. The van der Waals surface area contributed by atoms with Crippen LogP contribution in [0.25, 0.3) is 0 Å². The molecule has 0 saturated heterocycles. The van der Waals surface area contributed by atoms with Crippen molar-refractivity contribution in [1.82, 2.24) is 0 Å². The van der Waals surface area contributed by atoms with Crippen LogP contribution < -0.4 is 61.0 Å². The maximum absolute atomic E-state index is 7.15. The Morgan fingerprint density at radius 2 is 0.543 bits per heavy atom. The summed E-state index contributed by atoms with van der Waals surface area (Å²) in [6, 6.07) is 117. The summed E-state index contributed by atoms with van der Waals surface area (Å²) >= 11 is -0.998. The monoisotopic (exact) mass is 1230 g/mol. The van der Waals surface area contributed by atoms with Crippen molar-refractivity contribution in [2.75, 3.05) is 9.31 Å². The Balaban J connectivity index is 0.000000182. The molecule has 0 aliphatic heterocycles.